The Kier molecular flexibility index (Phi) is 5.70. The summed E-state index contributed by atoms with van der Waals surface area (Å²) in [6.45, 7) is 0.903. The molecule has 0 fully saturated rings. The number of carbonyl (C=O) groups is 1. The summed E-state index contributed by atoms with van der Waals surface area (Å²) in [5.41, 5.74) is -5.13. The van der Waals surface area contributed by atoms with Gasteiger partial charge in [-0.25, -0.2) is 13.8 Å². The van der Waals surface area contributed by atoms with Gasteiger partial charge < -0.3 is 0 Å². The number of rotatable bonds is 3. The molecule has 2 aromatic rings. The summed E-state index contributed by atoms with van der Waals surface area (Å²) in [5, 5.41) is -0.247. The van der Waals surface area contributed by atoms with Crippen molar-refractivity contribution in [1.29, 1.82) is 0 Å². The van der Waals surface area contributed by atoms with Crippen molar-refractivity contribution in [1.82, 2.24) is 9.13 Å². The fraction of sp³-hybridized carbons (Fsp3) is 0.235. The van der Waals surface area contributed by atoms with Gasteiger partial charge in [-0.3, -0.25) is 19.1 Å². The van der Waals surface area contributed by atoms with Crippen LogP contribution in [0.5, 0.6) is 0 Å². The van der Waals surface area contributed by atoms with E-state index in [1.165, 1.54) is 0 Å². The first-order valence-corrected chi connectivity index (χ1v) is 7.89. The minimum Gasteiger partial charge on any atom is -0.299 e. The van der Waals surface area contributed by atoms with Gasteiger partial charge in [0, 0.05) is 20.0 Å². The third-order valence-corrected chi connectivity index (χ3v) is 4.09. The molecule has 2 rings (SSSR count). The van der Waals surface area contributed by atoms with Gasteiger partial charge in [-0.05, 0) is 12.1 Å². The Hall–Kier alpha value is -3.06. The van der Waals surface area contributed by atoms with E-state index in [0.717, 1.165) is 31.0 Å². The molecule has 0 bridgehead atoms. The predicted molar refractivity (Wildman–Crippen MR) is 94.1 cm³/mol. The van der Waals surface area contributed by atoms with Crippen LogP contribution in [0.25, 0.3) is 5.69 Å². The molecule has 0 saturated heterocycles. The number of nitrogens with zero attached hydrogens (tertiary/aromatic N) is 3. The number of carbonyl (C=O) groups excluding carboxylic acids is 1. The van der Waals surface area contributed by atoms with Crippen LogP contribution in [0.15, 0.2) is 27.8 Å². The Morgan fingerprint density at radius 3 is 2.39 bits per heavy atom. The summed E-state index contributed by atoms with van der Waals surface area (Å²) in [6.07, 6.45) is 0.219. The number of terminal acetylenes is 1. The zero-order valence-corrected chi connectivity index (χ0v) is 15.2. The molecule has 0 aliphatic carbocycles. The van der Waals surface area contributed by atoms with Gasteiger partial charge >= 0.3 is 11.9 Å². The van der Waals surface area contributed by atoms with Crippen LogP contribution in [-0.4, -0.2) is 21.6 Å². The van der Waals surface area contributed by atoms with Crippen LogP contribution in [0.2, 0.25) is 5.02 Å². The van der Waals surface area contributed by atoms with E-state index < -0.39 is 40.5 Å². The summed E-state index contributed by atoms with van der Waals surface area (Å²) in [7, 11) is 0.788. The average molecular weight is 418 g/mol. The van der Waals surface area contributed by atoms with Crippen molar-refractivity contribution in [2.75, 3.05) is 11.4 Å². The molecule has 6 nitrogen and oxygen atoms in total. The summed E-state index contributed by atoms with van der Waals surface area (Å²) in [5.74, 6) is 0.478. The number of alkyl halides is 3. The molecule has 0 atom stereocenters. The van der Waals surface area contributed by atoms with Crippen molar-refractivity contribution in [3.05, 3.63) is 55.6 Å². The number of halogens is 5. The molecule has 1 amide bonds. The number of hydrogen-bond acceptors (Lipinski definition) is 3. The van der Waals surface area contributed by atoms with Crippen molar-refractivity contribution in [2.24, 2.45) is 7.05 Å². The maximum atomic E-state index is 14.4. The van der Waals surface area contributed by atoms with Crippen molar-refractivity contribution < 1.29 is 22.4 Å². The SMILES string of the molecule is C#CCN(C(C)=O)c1cc(-n2c(=O)cc(C(F)(F)F)n(C)c2=O)c(F)cc1Cl. The lowest BCUT2D eigenvalue weighted by molar-refractivity contribution is -0.144. The maximum Gasteiger partial charge on any atom is 0.431 e. The molecule has 1 aromatic heterocycles. The number of amides is 1. The monoisotopic (exact) mass is 417 g/mol. The third-order valence-electron chi connectivity index (χ3n) is 3.79. The van der Waals surface area contributed by atoms with E-state index >= 15 is 0 Å². The fourth-order valence-electron chi connectivity index (χ4n) is 2.48. The highest BCUT2D eigenvalue weighted by atomic mass is 35.5. The summed E-state index contributed by atoms with van der Waals surface area (Å²) in [6, 6.07) is 1.79. The first-order valence-electron chi connectivity index (χ1n) is 7.51. The van der Waals surface area contributed by atoms with Gasteiger partial charge in [0.2, 0.25) is 5.91 Å². The van der Waals surface area contributed by atoms with Gasteiger partial charge in [0.15, 0.2) is 0 Å². The maximum absolute atomic E-state index is 14.4. The van der Waals surface area contributed by atoms with E-state index in [1.807, 2.05) is 0 Å². The molecular weight excluding hydrogens is 406 g/mol. The lowest BCUT2D eigenvalue weighted by Gasteiger charge is -2.21. The normalized spacial score (nSPS) is 11.2. The Bertz CT molecular complexity index is 1110. The molecular formula is C17H12ClF4N3O3. The third kappa shape index (κ3) is 3.80. The van der Waals surface area contributed by atoms with Gasteiger partial charge in [-0.1, -0.05) is 17.5 Å². The molecule has 0 spiro atoms. The predicted octanol–water partition coefficient (Wildman–Crippen LogP) is 2.33. The largest absolute Gasteiger partial charge is 0.431 e. The van der Waals surface area contributed by atoms with Crippen molar-refractivity contribution >= 4 is 23.2 Å². The molecule has 1 aromatic carbocycles. The van der Waals surface area contributed by atoms with Gasteiger partial charge in [0.1, 0.15) is 11.5 Å². The second kappa shape index (κ2) is 7.52. The van der Waals surface area contributed by atoms with Crippen LogP contribution >= 0.6 is 11.6 Å². The van der Waals surface area contributed by atoms with Gasteiger partial charge in [0.25, 0.3) is 5.56 Å². The topological polar surface area (TPSA) is 64.3 Å². The number of hydrogen-bond donors (Lipinski definition) is 0. The zero-order chi connectivity index (χ0) is 21.4. The molecule has 0 N–H and O–H groups in total. The Morgan fingerprint density at radius 1 is 1.29 bits per heavy atom. The highest BCUT2D eigenvalue weighted by molar-refractivity contribution is 6.34. The van der Waals surface area contributed by atoms with Crippen LogP contribution in [0.3, 0.4) is 0 Å². The second-order valence-corrected chi connectivity index (χ2v) is 6.01. The van der Waals surface area contributed by atoms with E-state index in [9.17, 15) is 31.9 Å². The highest BCUT2D eigenvalue weighted by Gasteiger charge is 2.35. The fourth-order valence-corrected chi connectivity index (χ4v) is 2.73. The lowest BCUT2D eigenvalue weighted by Crippen LogP contribution is -2.41. The van der Waals surface area contributed by atoms with Gasteiger partial charge in [-0.15, -0.1) is 6.42 Å². The second-order valence-electron chi connectivity index (χ2n) is 5.61. The first kappa shape index (κ1) is 21.2. The van der Waals surface area contributed by atoms with Crippen LogP contribution in [-0.2, 0) is 18.0 Å². The number of aromatic nitrogens is 2. The van der Waals surface area contributed by atoms with Crippen molar-refractivity contribution in [2.45, 2.75) is 13.1 Å². The van der Waals surface area contributed by atoms with Crippen LogP contribution in [0.1, 0.15) is 12.6 Å². The smallest absolute Gasteiger partial charge is 0.299 e. The quantitative estimate of drug-likeness (QED) is 0.569. The summed E-state index contributed by atoms with van der Waals surface area (Å²) < 4.78 is 53.7. The standard InChI is InChI=1S/C17H12ClF4N3O3/c1-4-5-24(9(2)26)12-7-13(11(19)6-10(12)18)25-15(27)8-14(17(20,21)22)23(3)16(25)28/h1,6-8H,5H2,2-3H3. The molecule has 28 heavy (non-hydrogen) atoms. The molecule has 0 saturated carbocycles. The average Bonchev–Trinajstić information content (AvgIpc) is 2.57. The van der Waals surface area contributed by atoms with Crippen LogP contribution in [0.4, 0.5) is 23.2 Å². The van der Waals surface area contributed by atoms with Crippen molar-refractivity contribution in [3.8, 4) is 18.0 Å². The molecule has 0 aliphatic heterocycles. The first-order chi connectivity index (χ1) is 12.9. The molecule has 0 unspecified atom stereocenters. The minimum absolute atomic E-state index is 0.114. The van der Waals surface area contributed by atoms with E-state index in [0.29, 0.717) is 0 Å². The van der Waals surface area contributed by atoms with E-state index in [-0.39, 0.29) is 32.5 Å². The highest BCUT2D eigenvalue weighted by Crippen LogP contribution is 2.31. The molecule has 1 heterocycles. The van der Waals surface area contributed by atoms with E-state index in [1.54, 1.807) is 0 Å². The minimum atomic E-state index is -4.96. The van der Waals surface area contributed by atoms with Crippen LogP contribution < -0.4 is 16.1 Å². The zero-order valence-electron chi connectivity index (χ0n) is 14.5. The summed E-state index contributed by atoms with van der Waals surface area (Å²) >= 11 is 5.94. The molecule has 0 radical (unpaired) electrons. The Balaban J connectivity index is 2.84. The van der Waals surface area contributed by atoms with Crippen molar-refractivity contribution in [3.63, 3.8) is 0 Å². The van der Waals surface area contributed by atoms with E-state index in [2.05, 4.69) is 5.92 Å². The Morgan fingerprint density at radius 2 is 1.89 bits per heavy atom. The summed E-state index contributed by atoms with van der Waals surface area (Å²) in [4.78, 5) is 37.3. The van der Waals surface area contributed by atoms with Crippen LogP contribution in [0, 0.1) is 18.2 Å². The number of benzene rings is 1. The van der Waals surface area contributed by atoms with E-state index in [4.69, 9.17) is 18.0 Å². The number of anilines is 1. The molecule has 0 aliphatic rings. The molecule has 148 valence electrons. The lowest BCUT2D eigenvalue weighted by atomic mass is 10.2. The molecule has 11 heteroatoms. The van der Waals surface area contributed by atoms with Gasteiger partial charge in [-0.2, -0.15) is 13.2 Å². The Labute approximate surface area is 160 Å². The van der Waals surface area contributed by atoms with Gasteiger partial charge in [0.05, 0.1) is 22.9 Å².